The molecule has 0 radical (unpaired) electrons. The summed E-state index contributed by atoms with van der Waals surface area (Å²) >= 11 is 3.53. The summed E-state index contributed by atoms with van der Waals surface area (Å²) in [6.45, 7) is 0. The molecule has 0 spiro atoms. The molecule has 1 N–H and O–H groups in total. The van der Waals surface area contributed by atoms with Crippen LogP contribution in [0.3, 0.4) is 0 Å². The van der Waals surface area contributed by atoms with E-state index in [-0.39, 0.29) is 5.78 Å². The molecular formula is C27H25BrFNO5. The lowest BCUT2D eigenvalue weighted by Crippen LogP contribution is -1.98. The van der Waals surface area contributed by atoms with Crippen molar-refractivity contribution in [3.05, 3.63) is 87.8 Å². The van der Waals surface area contributed by atoms with Crippen molar-refractivity contribution in [1.29, 1.82) is 0 Å². The topological polar surface area (TPSA) is 66.0 Å². The summed E-state index contributed by atoms with van der Waals surface area (Å²) in [4.78, 5) is 12.3. The van der Waals surface area contributed by atoms with Gasteiger partial charge in [-0.2, -0.15) is 0 Å². The van der Waals surface area contributed by atoms with Crippen LogP contribution in [0.4, 0.5) is 10.1 Å². The summed E-state index contributed by atoms with van der Waals surface area (Å²) < 4.78 is 35.5. The van der Waals surface area contributed by atoms with Crippen LogP contribution >= 0.6 is 15.9 Å². The van der Waals surface area contributed by atoms with Crippen molar-refractivity contribution < 1.29 is 28.1 Å². The number of methoxy groups -OCH3 is 4. The van der Waals surface area contributed by atoms with E-state index in [2.05, 4.69) is 21.2 Å². The van der Waals surface area contributed by atoms with Gasteiger partial charge in [-0.25, -0.2) is 4.39 Å². The fourth-order valence-corrected chi connectivity index (χ4v) is 3.97. The molecule has 3 aromatic carbocycles. The van der Waals surface area contributed by atoms with E-state index >= 15 is 0 Å². The third-order valence-electron chi connectivity index (χ3n) is 5.03. The van der Waals surface area contributed by atoms with Gasteiger partial charge in [0.25, 0.3) is 0 Å². The van der Waals surface area contributed by atoms with Crippen LogP contribution in [-0.4, -0.2) is 34.2 Å². The van der Waals surface area contributed by atoms with Crippen molar-refractivity contribution >= 4 is 39.6 Å². The highest BCUT2D eigenvalue weighted by atomic mass is 79.9. The Morgan fingerprint density at radius 1 is 0.829 bits per heavy atom. The molecule has 6 nitrogen and oxygen atoms in total. The molecule has 182 valence electrons. The standard InChI is InChI=1S/C27H25BrFNO5/c1-32-24-15-18(16-25(33-2)27(24)35-4)6-5-17-13-21(28)26(34-3)22(14-17)30-12-11-23(31)19-7-9-20(29)10-8-19/h5-16,30H,1-4H3/b6-5-,12-11-. The van der Waals surface area contributed by atoms with Crippen molar-refractivity contribution in [1.82, 2.24) is 0 Å². The van der Waals surface area contributed by atoms with Gasteiger partial charge in [-0.15, -0.1) is 0 Å². The van der Waals surface area contributed by atoms with Crippen LogP contribution in [0.2, 0.25) is 0 Å². The number of allylic oxidation sites excluding steroid dienone is 1. The molecule has 0 aromatic heterocycles. The number of nitrogens with one attached hydrogen (secondary N) is 1. The molecule has 3 rings (SSSR count). The molecule has 0 amide bonds. The van der Waals surface area contributed by atoms with Gasteiger partial charge in [0.15, 0.2) is 23.0 Å². The maximum atomic E-state index is 13.1. The van der Waals surface area contributed by atoms with Gasteiger partial charge in [0, 0.05) is 17.8 Å². The Labute approximate surface area is 212 Å². The molecule has 0 heterocycles. The predicted molar refractivity (Wildman–Crippen MR) is 139 cm³/mol. The third kappa shape index (κ3) is 6.42. The van der Waals surface area contributed by atoms with Crippen molar-refractivity contribution in [3.8, 4) is 23.0 Å². The number of anilines is 1. The number of halogens is 2. The van der Waals surface area contributed by atoms with Crippen molar-refractivity contribution in [3.63, 3.8) is 0 Å². The Bertz CT molecular complexity index is 1230. The van der Waals surface area contributed by atoms with Gasteiger partial charge < -0.3 is 24.3 Å². The highest BCUT2D eigenvalue weighted by molar-refractivity contribution is 9.10. The molecule has 8 heteroatoms. The molecule has 0 saturated heterocycles. The van der Waals surface area contributed by atoms with Gasteiger partial charge in [-0.1, -0.05) is 12.2 Å². The monoisotopic (exact) mass is 541 g/mol. The van der Waals surface area contributed by atoms with Crippen LogP contribution in [-0.2, 0) is 0 Å². The number of ether oxygens (including phenoxy) is 4. The number of carbonyl (C=O) groups is 1. The smallest absolute Gasteiger partial charge is 0.203 e. The first-order chi connectivity index (χ1) is 16.9. The molecule has 0 atom stereocenters. The Kier molecular flexibility index (Phi) is 8.92. The van der Waals surface area contributed by atoms with E-state index in [9.17, 15) is 9.18 Å². The number of hydrogen-bond acceptors (Lipinski definition) is 6. The van der Waals surface area contributed by atoms with E-state index in [0.717, 1.165) is 15.6 Å². The van der Waals surface area contributed by atoms with E-state index in [4.69, 9.17) is 18.9 Å². The lowest BCUT2D eigenvalue weighted by Gasteiger charge is -2.13. The molecule has 0 bridgehead atoms. The first kappa shape index (κ1) is 25.8. The predicted octanol–water partition coefficient (Wildman–Crippen LogP) is 6.60. The SMILES string of the molecule is COc1cc(/C=C\c2cc(Br)c(OC)c(N/C=C\C(=O)c3ccc(F)cc3)c2)cc(OC)c1OC. The lowest BCUT2D eigenvalue weighted by molar-refractivity contribution is 0.104. The third-order valence-corrected chi connectivity index (χ3v) is 5.62. The normalized spacial score (nSPS) is 11.0. The Balaban J connectivity index is 1.85. The highest BCUT2D eigenvalue weighted by Crippen LogP contribution is 2.39. The van der Waals surface area contributed by atoms with E-state index in [1.165, 1.54) is 36.5 Å². The number of ketones is 1. The molecule has 0 aliphatic carbocycles. The quantitative estimate of drug-likeness (QED) is 0.177. The summed E-state index contributed by atoms with van der Waals surface area (Å²) in [5, 5.41) is 3.09. The Morgan fingerprint density at radius 3 is 1.94 bits per heavy atom. The summed E-state index contributed by atoms with van der Waals surface area (Å²) in [7, 11) is 6.25. The number of benzene rings is 3. The van der Waals surface area contributed by atoms with Gasteiger partial charge in [0.2, 0.25) is 5.75 Å². The summed E-state index contributed by atoms with van der Waals surface area (Å²) in [6, 6.07) is 12.9. The van der Waals surface area contributed by atoms with E-state index < -0.39 is 5.82 Å². The largest absolute Gasteiger partial charge is 0.493 e. The highest BCUT2D eigenvalue weighted by Gasteiger charge is 2.13. The van der Waals surface area contributed by atoms with E-state index in [1.807, 2.05) is 36.4 Å². The molecule has 3 aromatic rings. The van der Waals surface area contributed by atoms with Crippen LogP contribution < -0.4 is 24.3 Å². The summed E-state index contributed by atoms with van der Waals surface area (Å²) in [5.74, 6) is 1.56. The average Bonchev–Trinajstić information content (AvgIpc) is 2.86. The van der Waals surface area contributed by atoms with Gasteiger partial charge >= 0.3 is 0 Å². The van der Waals surface area contributed by atoms with Gasteiger partial charge in [0.1, 0.15) is 5.82 Å². The van der Waals surface area contributed by atoms with Crippen LogP contribution in [0.25, 0.3) is 12.2 Å². The second-order valence-corrected chi connectivity index (χ2v) is 8.08. The lowest BCUT2D eigenvalue weighted by atomic mass is 10.1. The number of rotatable bonds is 10. The van der Waals surface area contributed by atoms with Crippen LogP contribution in [0.15, 0.2) is 65.3 Å². The minimum absolute atomic E-state index is 0.256. The van der Waals surface area contributed by atoms with Gasteiger partial charge in [-0.3, -0.25) is 4.79 Å². The molecule has 0 aliphatic heterocycles. The number of carbonyl (C=O) groups excluding carboxylic acids is 1. The minimum atomic E-state index is -0.394. The zero-order valence-corrected chi connectivity index (χ0v) is 21.3. The first-order valence-corrected chi connectivity index (χ1v) is 11.3. The maximum Gasteiger partial charge on any atom is 0.203 e. The zero-order chi connectivity index (χ0) is 25.4. The Morgan fingerprint density at radius 2 is 1.40 bits per heavy atom. The molecule has 0 saturated carbocycles. The second kappa shape index (κ2) is 12.1. The summed E-state index contributed by atoms with van der Waals surface area (Å²) in [6.07, 6.45) is 6.72. The van der Waals surface area contributed by atoms with Crippen LogP contribution in [0.5, 0.6) is 23.0 Å². The summed E-state index contributed by atoms with van der Waals surface area (Å²) in [5.41, 5.74) is 2.76. The van der Waals surface area contributed by atoms with Crippen molar-refractivity contribution in [2.24, 2.45) is 0 Å². The van der Waals surface area contributed by atoms with Crippen LogP contribution in [0.1, 0.15) is 21.5 Å². The van der Waals surface area contributed by atoms with Crippen molar-refractivity contribution in [2.75, 3.05) is 33.8 Å². The molecule has 0 fully saturated rings. The van der Waals surface area contributed by atoms with E-state index in [1.54, 1.807) is 28.4 Å². The fourth-order valence-electron chi connectivity index (χ4n) is 3.33. The van der Waals surface area contributed by atoms with Gasteiger partial charge in [0.05, 0.1) is 38.6 Å². The first-order valence-electron chi connectivity index (χ1n) is 10.5. The minimum Gasteiger partial charge on any atom is -0.493 e. The van der Waals surface area contributed by atoms with Crippen LogP contribution in [0, 0.1) is 5.82 Å². The molecule has 0 unspecified atom stereocenters. The molecule has 0 aliphatic rings. The van der Waals surface area contributed by atoms with E-state index in [0.29, 0.717) is 34.2 Å². The van der Waals surface area contributed by atoms with Crippen molar-refractivity contribution in [2.45, 2.75) is 0 Å². The second-order valence-electron chi connectivity index (χ2n) is 7.22. The molecule has 35 heavy (non-hydrogen) atoms. The fraction of sp³-hybridized carbons (Fsp3) is 0.148. The number of hydrogen-bond donors (Lipinski definition) is 1. The zero-order valence-electron chi connectivity index (χ0n) is 19.7. The maximum absolute atomic E-state index is 13.1. The van der Waals surface area contributed by atoms with Gasteiger partial charge in [-0.05, 0) is 75.6 Å². The average molecular weight is 542 g/mol. The molecular weight excluding hydrogens is 517 g/mol. The Hall–Kier alpha value is -3.78.